The summed E-state index contributed by atoms with van der Waals surface area (Å²) in [5, 5.41) is 12.3. The highest BCUT2D eigenvalue weighted by Gasteiger charge is 2.38. The summed E-state index contributed by atoms with van der Waals surface area (Å²) < 4.78 is 0. The number of amides is 1. The molecule has 2 atom stereocenters. The van der Waals surface area contributed by atoms with Gasteiger partial charge in [-0.2, -0.15) is 0 Å². The third kappa shape index (κ3) is 6.04. The maximum Gasteiger partial charge on any atom is 0.310 e. The van der Waals surface area contributed by atoms with Crippen molar-refractivity contribution in [2.45, 2.75) is 65.3 Å². The Morgan fingerprint density at radius 2 is 2.10 bits per heavy atom. The zero-order valence-corrected chi connectivity index (χ0v) is 13.7. The molecule has 1 saturated heterocycles. The molecular weight excluding hydrogens is 268 g/mol. The van der Waals surface area contributed by atoms with Crippen LogP contribution in [-0.2, 0) is 9.59 Å². The number of carboxylic acids is 1. The largest absolute Gasteiger partial charge is 0.481 e. The average Bonchev–Trinajstić information content (AvgIpc) is 2.38. The van der Waals surface area contributed by atoms with Crippen LogP contribution in [0.1, 0.15) is 59.3 Å². The van der Waals surface area contributed by atoms with Crippen LogP contribution >= 0.6 is 0 Å². The number of likely N-dealkylation sites (tertiary alicyclic amines) is 1. The van der Waals surface area contributed by atoms with Gasteiger partial charge < -0.3 is 10.4 Å². The lowest BCUT2D eigenvalue weighted by atomic mass is 9.82. The van der Waals surface area contributed by atoms with Crippen molar-refractivity contribution in [3.8, 4) is 0 Å². The van der Waals surface area contributed by atoms with E-state index in [1.54, 1.807) is 6.92 Å². The van der Waals surface area contributed by atoms with E-state index in [2.05, 4.69) is 12.2 Å². The molecule has 0 saturated carbocycles. The topological polar surface area (TPSA) is 69.6 Å². The lowest BCUT2D eigenvalue weighted by molar-refractivity contribution is -0.151. The minimum atomic E-state index is -0.763. The highest BCUT2D eigenvalue weighted by Crippen LogP contribution is 2.29. The molecule has 0 radical (unpaired) electrons. The second-order valence-corrected chi connectivity index (χ2v) is 6.64. The summed E-state index contributed by atoms with van der Waals surface area (Å²) in [7, 11) is 0. The fourth-order valence-electron chi connectivity index (χ4n) is 2.95. The number of unbranched alkanes of at least 4 members (excludes halogenated alkanes) is 2. The molecule has 2 unspecified atom stereocenters. The number of hydrogen-bond donors (Lipinski definition) is 2. The number of carboxylic acid groups (broad SMARTS) is 1. The molecule has 0 aromatic carbocycles. The van der Waals surface area contributed by atoms with Crippen molar-refractivity contribution in [1.29, 1.82) is 0 Å². The van der Waals surface area contributed by atoms with Gasteiger partial charge in [0.1, 0.15) is 0 Å². The molecule has 0 aromatic heterocycles. The number of carbonyl (C=O) groups is 2. The van der Waals surface area contributed by atoms with Crippen LogP contribution in [0.2, 0.25) is 0 Å². The fourth-order valence-corrected chi connectivity index (χ4v) is 2.95. The highest BCUT2D eigenvalue weighted by atomic mass is 16.4. The number of carbonyl (C=O) groups excluding carboxylic acids is 1. The van der Waals surface area contributed by atoms with E-state index < -0.39 is 11.4 Å². The lowest BCUT2D eigenvalue weighted by Gasteiger charge is -2.37. The van der Waals surface area contributed by atoms with E-state index in [4.69, 9.17) is 0 Å². The maximum absolute atomic E-state index is 12.0. The number of nitrogens with zero attached hydrogens (tertiary/aromatic N) is 1. The number of piperidine rings is 1. The Kier molecular flexibility index (Phi) is 7.15. The smallest absolute Gasteiger partial charge is 0.310 e. The van der Waals surface area contributed by atoms with Gasteiger partial charge in [0.15, 0.2) is 0 Å². The summed E-state index contributed by atoms with van der Waals surface area (Å²) in [4.78, 5) is 25.3. The maximum atomic E-state index is 12.0. The number of rotatable bonds is 8. The van der Waals surface area contributed by atoms with E-state index in [-0.39, 0.29) is 11.9 Å². The van der Waals surface area contributed by atoms with Crippen molar-refractivity contribution in [2.24, 2.45) is 5.41 Å². The molecule has 1 heterocycles. The van der Waals surface area contributed by atoms with Crippen molar-refractivity contribution in [2.75, 3.05) is 19.6 Å². The zero-order chi connectivity index (χ0) is 15.9. The molecule has 5 nitrogen and oxygen atoms in total. The molecule has 1 rings (SSSR count). The summed E-state index contributed by atoms with van der Waals surface area (Å²) in [6, 6.07) is 0.194. The van der Waals surface area contributed by atoms with Crippen LogP contribution in [0.25, 0.3) is 0 Å². The molecule has 122 valence electrons. The van der Waals surface area contributed by atoms with E-state index in [0.29, 0.717) is 19.5 Å². The van der Waals surface area contributed by atoms with Gasteiger partial charge in [0, 0.05) is 12.6 Å². The van der Waals surface area contributed by atoms with Gasteiger partial charge in [-0.3, -0.25) is 14.5 Å². The number of nitrogens with one attached hydrogen (secondary N) is 1. The van der Waals surface area contributed by atoms with Gasteiger partial charge >= 0.3 is 5.97 Å². The Balaban J connectivity index is 2.35. The predicted molar refractivity (Wildman–Crippen MR) is 83.2 cm³/mol. The average molecular weight is 298 g/mol. The number of aliphatic carboxylic acids is 1. The molecular formula is C16H30N2O3. The summed E-state index contributed by atoms with van der Waals surface area (Å²) in [5.41, 5.74) is -0.717. The van der Waals surface area contributed by atoms with Crippen LogP contribution in [-0.4, -0.2) is 47.6 Å². The van der Waals surface area contributed by atoms with E-state index in [1.807, 2.05) is 11.8 Å². The standard InChI is InChI=1S/C16H30N2O3/c1-4-5-6-8-13(2)17-14(19)11-18-10-7-9-16(3,12-18)15(20)21/h13H,4-12H2,1-3H3,(H,17,19)(H,20,21). The monoisotopic (exact) mass is 298 g/mol. The summed E-state index contributed by atoms with van der Waals surface area (Å²) in [5.74, 6) is -0.755. The van der Waals surface area contributed by atoms with Gasteiger partial charge in [-0.15, -0.1) is 0 Å². The van der Waals surface area contributed by atoms with Crippen LogP contribution in [0, 0.1) is 5.41 Å². The van der Waals surface area contributed by atoms with E-state index in [9.17, 15) is 14.7 Å². The fraction of sp³-hybridized carbons (Fsp3) is 0.875. The predicted octanol–water partition coefficient (Wildman–Crippen LogP) is 2.26. The zero-order valence-electron chi connectivity index (χ0n) is 13.7. The second-order valence-electron chi connectivity index (χ2n) is 6.64. The van der Waals surface area contributed by atoms with Gasteiger partial charge in [0.05, 0.1) is 12.0 Å². The molecule has 1 fully saturated rings. The van der Waals surface area contributed by atoms with Crippen molar-refractivity contribution in [1.82, 2.24) is 10.2 Å². The third-order valence-corrected chi connectivity index (χ3v) is 4.31. The van der Waals surface area contributed by atoms with Crippen LogP contribution in [0.15, 0.2) is 0 Å². The molecule has 2 N–H and O–H groups in total. The molecule has 1 amide bonds. The molecule has 21 heavy (non-hydrogen) atoms. The number of hydrogen-bond acceptors (Lipinski definition) is 3. The Labute approximate surface area is 128 Å². The first-order chi connectivity index (χ1) is 9.87. The summed E-state index contributed by atoms with van der Waals surface area (Å²) in [6.45, 7) is 7.54. The first kappa shape index (κ1) is 18.0. The van der Waals surface area contributed by atoms with Gasteiger partial charge in [0.25, 0.3) is 0 Å². The quantitative estimate of drug-likeness (QED) is 0.674. The van der Waals surface area contributed by atoms with Gasteiger partial charge in [-0.25, -0.2) is 0 Å². The van der Waals surface area contributed by atoms with Gasteiger partial charge in [0.2, 0.25) is 5.91 Å². The van der Waals surface area contributed by atoms with Crippen molar-refractivity contribution in [3.63, 3.8) is 0 Å². The Morgan fingerprint density at radius 1 is 1.38 bits per heavy atom. The molecule has 0 aliphatic carbocycles. The van der Waals surface area contributed by atoms with E-state index in [1.165, 1.54) is 12.8 Å². The van der Waals surface area contributed by atoms with Crippen LogP contribution in [0.4, 0.5) is 0 Å². The van der Waals surface area contributed by atoms with Gasteiger partial charge in [-0.1, -0.05) is 26.2 Å². The SMILES string of the molecule is CCCCCC(C)NC(=O)CN1CCCC(C)(C(=O)O)C1. The third-order valence-electron chi connectivity index (χ3n) is 4.31. The van der Waals surface area contributed by atoms with Crippen LogP contribution < -0.4 is 5.32 Å². The molecule has 1 aliphatic rings. The van der Waals surface area contributed by atoms with Crippen LogP contribution in [0.3, 0.4) is 0 Å². The first-order valence-corrected chi connectivity index (χ1v) is 8.12. The minimum absolute atomic E-state index is 0.00800. The van der Waals surface area contributed by atoms with Crippen molar-refractivity contribution in [3.05, 3.63) is 0 Å². The normalized spacial score (nSPS) is 24.5. The Bertz CT molecular complexity index is 359. The molecule has 5 heteroatoms. The molecule has 1 aliphatic heterocycles. The molecule has 0 spiro atoms. The van der Waals surface area contributed by atoms with E-state index in [0.717, 1.165) is 25.8 Å². The Hall–Kier alpha value is -1.10. The van der Waals surface area contributed by atoms with Crippen molar-refractivity contribution < 1.29 is 14.7 Å². The lowest BCUT2D eigenvalue weighted by Crippen LogP contribution is -2.50. The highest BCUT2D eigenvalue weighted by molar-refractivity contribution is 5.79. The second kappa shape index (κ2) is 8.37. The molecule has 0 aromatic rings. The minimum Gasteiger partial charge on any atom is -0.481 e. The Morgan fingerprint density at radius 3 is 2.71 bits per heavy atom. The summed E-state index contributed by atoms with van der Waals surface area (Å²) in [6.07, 6.45) is 6.05. The van der Waals surface area contributed by atoms with Crippen LogP contribution in [0.5, 0.6) is 0 Å². The molecule has 0 bridgehead atoms. The summed E-state index contributed by atoms with van der Waals surface area (Å²) >= 11 is 0. The van der Waals surface area contributed by atoms with Gasteiger partial charge in [-0.05, 0) is 39.7 Å². The van der Waals surface area contributed by atoms with E-state index >= 15 is 0 Å². The van der Waals surface area contributed by atoms with Crippen molar-refractivity contribution >= 4 is 11.9 Å². The first-order valence-electron chi connectivity index (χ1n) is 8.12.